The van der Waals surface area contributed by atoms with Gasteiger partial charge in [-0.25, -0.2) is 9.37 Å². The monoisotopic (exact) mass is 267 g/mol. The summed E-state index contributed by atoms with van der Waals surface area (Å²) in [5.74, 6) is 0.355. The number of benzene rings is 1. The minimum atomic E-state index is -0.325. The molecule has 0 fully saturated rings. The highest BCUT2D eigenvalue weighted by atomic mass is 19.1. The molecule has 0 spiro atoms. The van der Waals surface area contributed by atoms with Crippen LogP contribution in [-0.4, -0.2) is 16.5 Å². The zero-order chi connectivity index (χ0) is 13.8. The Kier molecular flexibility index (Phi) is 3.54. The number of para-hydroxylation sites is 1. The maximum Gasteiger partial charge on any atom is 0.141 e. The van der Waals surface area contributed by atoms with Crippen LogP contribution in [0.5, 0.6) is 0 Å². The van der Waals surface area contributed by atoms with E-state index in [1.807, 2.05) is 12.1 Å². The first kappa shape index (κ1) is 12.5. The Morgan fingerprint density at radius 2 is 1.90 bits per heavy atom. The zero-order valence-corrected chi connectivity index (χ0v) is 10.9. The number of pyridine rings is 2. The second kappa shape index (κ2) is 5.65. The van der Waals surface area contributed by atoms with E-state index in [4.69, 9.17) is 0 Å². The number of fused-ring (bicyclic) bond motifs is 1. The van der Waals surface area contributed by atoms with Crippen LogP contribution in [0.1, 0.15) is 5.56 Å². The standard InChI is InChI=1S/C16H14FN3/c17-14-6-7-15(20-11-14)18-10-8-13-4-1-3-12-5-2-9-19-16(12)13/h1-7,9,11H,8,10H2,(H,18,20). The van der Waals surface area contributed by atoms with E-state index < -0.39 is 0 Å². The first-order chi connectivity index (χ1) is 9.83. The van der Waals surface area contributed by atoms with Crippen molar-refractivity contribution in [3.63, 3.8) is 0 Å². The molecule has 0 aliphatic carbocycles. The van der Waals surface area contributed by atoms with Gasteiger partial charge in [0, 0.05) is 18.1 Å². The van der Waals surface area contributed by atoms with Gasteiger partial charge in [-0.3, -0.25) is 4.98 Å². The van der Waals surface area contributed by atoms with Crippen molar-refractivity contribution in [1.29, 1.82) is 0 Å². The van der Waals surface area contributed by atoms with Gasteiger partial charge in [0.05, 0.1) is 11.7 Å². The highest BCUT2D eigenvalue weighted by molar-refractivity contribution is 5.81. The van der Waals surface area contributed by atoms with E-state index in [1.165, 1.54) is 17.8 Å². The van der Waals surface area contributed by atoms with Gasteiger partial charge in [-0.15, -0.1) is 0 Å². The number of nitrogens with zero attached hydrogens (tertiary/aromatic N) is 2. The molecule has 2 heterocycles. The highest BCUT2D eigenvalue weighted by Crippen LogP contribution is 2.16. The van der Waals surface area contributed by atoms with E-state index >= 15 is 0 Å². The largest absolute Gasteiger partial charge is 0.370 e. The van der Waals surface area contributed by atoms with Crippen molar-refractivity contribution in [2.75, 3.05) is 11.9 Å². The molecule has 3 aromatic rings. The van der Waals surface area contributed by atoms with Gasteiger partial charge in [-0.05, 0) is 30.2 Å². The van der Waals surface area contributed by atoms with Crippen LogP contribution in [0.3, 0.4) is 0 Å². The minimum Gasteiger partial charge on any atom is -0.370 e. The maximum atomic E-state index is 12.7. The lowest BCUT2D eigenvalue weighted by Crippen LogP contribution is -2.06. The fourth-order valence-corrected chi connectivity index (χ4v) is 2.17. The number of hydrogen-bond acceptors (Lipinski definition) is 3. The van der Waals surface area contributed by atoms with E-state index in [0.717, 1.165) is 23.9 Å². The van der Waals surface area contributed by atoms with Crippen molar-refractivity contribution >= 4 is 16.7 Å². The van der Waals surface area contributed by atoms with E-state index in [0.29, 0.717) is 5.82 Å². The summed E-state index contributed by atoms with van der Waals surface area (Å²) < 4.78 is 12.7. The summed E-state index contributed by atoms with van der Waals surface area (Å²) in [5.41, 5.74) is 2.22. The number of aromatic nitrogens is 2. The van der Waals surface area contributed by atoms with Crippen LogP contribution in [0.4, 0.5) is 10.2 Å². The highest BCUT2D eigenvalue weighted by Gasteiger charge is 2.01. The van der Waals surface area contributed by atoms with Gasteiger partial charge in [0.25, 0.3) is 0 Å². The van der Waals surface area contributed by atoms with Gasteiger partial charge < -0.3 is 5.32 Å². The Balaban J connectivity index is 1.69. The Labute approximate surface area is 116 Å². The van der Waals surface area contributed by atoms with Gasteiger partial charge in [-0.1, -0.05) is 24.3 Å². The van der Waals surface area contributed by atoms with Gasteiger partial charge in [-0.2, -0.15) is 0 Å². The van der Waals surface area contributed by atoms with Crippen molar-refractivity contribution < 1.29 is 4.39 Å². The van der Waals surface area contributed by atoms with Crippen molar-refractivity contribution in [3.8, 4) is 0 Å². The van der Waals surface area contributed by atoms with Gasteiger partial charge in [0.1, 0.15) is 11.6 Å². The average molecular weight is 267 g/mol. The lowest BCUT2D eigenvalue weighted by molar-refractivity contribution is 0.621. The van der Waals surface area contributed by atoms with E-state index in [2.05, 4.69) is 33.5 Å². The Morgan fingerprint density at radius 1 is 1.00 bits per heavy atom. The van der Waals surface area contributed by atoms with Crippen molar-refractivity contribution in [1.82, 2.24) is 9.97 Å². The second-order valence-electron chi connectivity index (χ2n) is 4.53. The van der Waals surface area contributed by atoms with Crippen molar-refractivity contribution in [2.45, 2.75) is 6.42 Å². The summed E-state index contributed by atoms with van der Waals surface area (Å²) in [7, 11) is 0. The van der Waals surface area contributed by atoms with Gasteiger partial charge in [0.15, 0.2) is 0 Å². The first-order valence-corrected chi connectivity index (χ1v) is 6.51. The molecule has 0 saturated heterocycles. The molecule has 3 rings (SSSR count). The molecule has 0 aliphatic rings. The number of anilines is 1. The topological polar surface area (TPSA) is 37.8 Å². The Morgan fingerprint density at radius 3 is 2.75 bits per heavy atom. The third kappa shape index (κ3) is 2.74. The number of hydrogen-bond donors (Lipinski definition) is 1. The fraction of sp³-hybridized carbons (Fsp3) is 0.125. The van der Waals surface area contributed by atoms with Gasteiger partial charge >= 0.3 is 0 Å². The van der Waals surface area contributed by atoms with E-state index in [9.17, 15) is 4.39 Å². The number of halogens is 1. The summed E-state index contributed by atoms with van der Waals surface area (Å²) in [6.45, 7) is 0.730. The minimum absolute atomic E-state index is 0.325. The third-order valence-corrected chi connectivity index (χ3v) is 3.14. The molecule has 1 aromatic carbocycles. The number of nitrogens with one attached hydrogen (secondary N) is 1. The van der Waals surface area contributed by atoms with Crippen LogP contribution in [-0.2, 0) is 6.42 Å². The summed E-state index contributed by atoms with van der Waals surface area (Å²) in [4.78, 5) is 8.40. The zero-order valence-electron chi connectivity index (χ0n) is 10.9. The summed E-state index contributed by atoms with van der Waals surface area (Å²) in [6.07, 6.45) is 3.86. The Bertz CT molecular complexity index is 705. The first-order valence-electron chi connectivity index (χ1n) is 6.51. The van der Waals surface area contributed by atoms with E-state index in [1.54, 1.807) is 12.3 Å². The molecule has 0 atom stereocenters. The summed E-state index contributed by atoms with van der Waals surface area (Å²) in [5, 5.41) is 4.32. The van der Waals surface area contributed by atoms with Crippen LogP contribution < -0.4 is 5.32 Å². The molecule has 2 aromatic heterocycles. The average Bonchev–Trinajstić information content (AvgIpc) is 2.49. The molecule has 1 N–H and O–H groups in total. The normalized spacial score (nSPS) is 10.7. The fourth-order valence-electron chi connectivity index (χ4n) is 2.17. The van der Waals surface area contributed by atoms with Crippen LogP contribution in [0.25, 0.3) is 10.9 Å². The number of rotatable bonds is 4. The van der Waals surface area contributed by atoms with Crippen LogP contribution >= 0.6 is 0 Å². The molecule has 0 saturated carbocycles. The van der Waals surface area contributed by atoms with Gasteiger partial charge in [0.2, 0.25) is 0 Å². The van der Waals surface area contributed by atoms with Crippen molar-refractivity contribution in [2.24, 2.45) is 0 Å². The summed E-state index contributed by atoms with van der Waals surface area (Å²) in [6, 6.07) is 13.2. The third-order valence-electron chi connectivity index (χ3n) is 3.14. The molecule has 0 unspecified atom stereocenters. The quantitative estimate of drug-likeness (QED) is 0.787. The lowest BCUT2D eigenvalue weighted by Gasteiger charge is -2.07. The second-order valence-corrected chi connectivity index (χ2v) is 4.53. The molecule has 20 heavy (non-hydrogen) atoms. The van der Waals surface area contributed by atoms with Crippen LogP contribution in [0.2, 0.25) is 0 Å². The molecule has 100 valence electrons. The molecule has 0 bridgehead atoms. The predicted octanol–water partition coefficient (Wildman–Crippen LogP) is 3.42. The van der Waals surface area contributed by atoms with E-state index in [-0.39, 0.29) is 5.82 Å². The molecule has 0 amide bonds. The van der Waals surface area contributed by atoms with Crippen LogP contribution in [0.15, 0.2) is 54.9 Å². The smallest absolute Gasteiger partial charge is 0.141 e. The predicted molar refractivity (Wildman–Crippen MR) is 78.1 cm³/mol. The molecular weight excluding hydrogens is 253 g/mol. The van der Waals surface area contributed by atoms with Crippen LogP contribution in [0, 0.1) is 5.82 Å². The lowest BCUT2D eigenvalue weighted by atomic mass is 10.1. The van der Waals surface area contributed by atoms with Crippen molar-refractivity contribution in [3.05, 3.63) is 66.2 Å². The molecule has 3 nitrogen and oxygen atoms in total. The molecular formula is C16H14FN3. The summed E-state index contributed by atoms with van der Waals surface area (Å²) >= 11 is 0. The molecule has 0 aliphatic heterocycles. The molecule has 4 heteroatoms. The maximum absolute atomic E-state index is 12.7. The Hall–Kier alpha value is -2.49. The SMILES string of the molecule is Fc1ccc(NCCc2cccc3cccnc23)nc1. The molecule has 0 radical (unpaired) electrons.